The second-order valence-corrected chi connectivity index (χ2v) is 12.7. The third-order valence-corrected chi connectivity index (χ3v) is 10.0. The van der Waals surface area contributed by atoms with Crippen LogP contribution in [0, 0.1) is 0 Å². The summed E-state index contributed by atoms with van der Waals surface area (Å²) in [4.78, 5) is 0. The maximum atomic E-state index is 6.65. The number of hydrogen-bond acceptors (Lipinski definition) is 3. The topological polar surface area (TPSA) is 23.4 Å². The van der Waals surface area contributed by atoms with Gasteiger partial charge in [0.15, 0.2) is 0 Å². The van der Waals surface area contributed by atoms with Crippen molar-refractivity contribution in [2.24, 2.45) is 0 Å². The Kier molecular flexibility index (Phi) is 4.74. The lowest BCUT2D eigenvalue weighted by atomic mass is 9.77. The first-order chi connectivity index (χ1) is 18.8. The SMILES string of the molecule is CC1(C)OB(c2cc3c4ccc5ccccc5c4n(-c4ccccc4)c3c3c2sc2ccccc23)OC1(C)C. The molecule has 0 atom stereocenters. The molecule has 0 unspecified atom stereocenters. The van der Waals surface area contributed by atoms with Gasteiger partial charge in [-0.2, -0.15) is 0 Å². The lowest BCUT2D eigenvalue weighted by molar-refractivity contribution is 0.00578. The highest BCUT2D eigenvalue weighted by Gasteiger charge is 2.52. The molecule has 1 saturated heterocycles. The highest BCUT2D eigenvalue weighted by atomic mass is 32.1. The van der Waals surface area contributed by atoms with Crippen molar-refractivity contribution >= 4 is 76.7 Å². The number of fused-ring (bicyclic) bond motifs is 9. The molecule has 0 N–H and O–H groups in total. The molecule has 1 aliphatic heterocycles. The molecule has 0 aliphatic carbocycles. The van der Waals surface area contributed by atoms with Crippen LogP contribution in [0.5, 0.6) is 0 Å². The van der Waals surface area contributed by atoms with Crippen LogP contribution in [0.3, 0.4) is 0 Å². The van der Waals surface area contributed by atoms with Gasteiger partial charge in [0.2, 0.25) is 0 Å². The van der Waals surface area contributed by atoms with Gasteiger partial charge in [-0.1, -0.05) is 78.9 Å². The van der Waals surface area contributed by atoms with Crippen LogP contribution in [0.1, 0.15) is 27.7 Å². The van der Waals surface area contributed by atoms with Crippen LogP contribution in [0.15, 0.2) is 97.1 Å². The minimum Gasteiger partial charge on any atom is -0.399 e. The quantitative estimate of drug-likeness (QED) is 0.211. The van der Waals surface area contributed by atoms with E-state index in [1.165, 1.54) is 52.8 Å². The first-order valence-electron chi connectivity index (χ1n) is 13.6. The van der Waals surface area contributed by atoms with Crippen molar-refractivity contribution in [1.29, 1.82) is 0 Å². The van der Waals surface area contributed by atoms with E-state index in [4.69, 9.17) is 9.31 Å². The summed E-state index contributed by atoms with van der Waals surface area (Å²) in [5.74, 6) is 0. The van der Waals surface area contributed by atoms with Crippen molar-refractivity contribution < 1.29 is 9.31 Å². The summed E-state index contributed by atoms with van der Waals surface area (Å²) < 4.78 is 18.3. The molecule has 5 heteroatoms. The molecule has 1 fully saturated rings. The number of hydrogen-bond donors (Lipinski definition) is 0. The van der Waals surface area contributed by atoms with Gasteiger partial charge in [-0.3, -0.25) is 0 Å². The van der Waals surface area contributed by atoms with Crippen LogP contribution in [-0.2, 0) is 9.31 Å². The third-order valence-electron chi connectivity index (χ3n) is 8.81. The van der Waals surface area contributed by atoms with Gasteiger partial charge in [-0.15, -0.1) is 11.3 Å². The van der Waals surface area contributed by atoms with Crippen LogP contribution in [-0.4, -0.2) is 22.9 Å². The Morgan fingerprint density at radius 3 is 2.08 bits per heavy atom. The second-order valence-electron chi connectivity index (χ2n) is 11.6. The molecule has 3 nitrogen and oxygen atoms in total. The van der Waals surface area contributed by atoms with Crippen LogP contribution in [0.25, 0.3) is 58.4 Å². The van der Waals surface area contributed by atoms with Gasteiger partial charge < -0.3 is 13.9 Å². The molecule has 0 bridgehead atoms. The summed E-state index contributed by atoms with van der Waals surface area (Å²) in [5.41, 5.74) is 3.91. The summed E-state index contributed by atoms with van der Waals surface area (Å²) in [5, 5.41) is 7.48. The van der Waals surface area contributed by atoms with E-state index in [2.05, 4.69) is 129 Å². The lowest BCUT2D eigenvalue weighted by Crippen LogP contribution is -2.41. The zero-order valence-corrected chi connectivity index (χ0v) is 23.3. The van der Waals surface area contributed by atoms with Gasteiger partial charge in [0, 0.05) is 47.5 Å². The molecule has 8 rings (SSSR count). The zero-order valence-electron chi connectivity index (χ0n) is 22.5. The number of nitrogens with zero attached hydrogens (tertiary/aromatic N) is 1. The van der Waals surface area contributed by atoms with E-state index in [-0.39, 0.29) is 0 Å². The fourth-order valence-electron chi connectivity index (χ4n) is 6.15. The van der Waals surface area contributed by atoms with Gasteiger partial charge >= 0.3 is 7.12 Å². The minimum absolute atomic E-state index is 0.413. The molecule has 0 amide bonds. The molecule has 1 aliphatic rings. The van der Waals surface area contributed by atoms with Gasteiger partial charge in [-0.05, 0) is 51.3 Å². The molecule has 2 aromatic heterocycles. The Morgan fingerprint density at radius 2 is 1.31 bits per heavy atom. The van der Waals surface area contributed by atoms with Gasteiger partial charge in [0.05, 0.1) is 22.2 Å². The first-order valence-corrected chi connectivity index (χ1v) is 14.4. The Bertz CT molecular complexity index is 2070. The van der Waals surface area contributed by atoms with Crippen molar-refractivity contribution in [3.8, 4) is 5.69 Å². The fourth-order valence-corrected chi connectivity index (χ4v) is 7.38. The van der Waals surface area contributed by atoms with Crippen molar-refractivity contribution in [2.45, 2.75) is 38.9 Å². The summed E-state index contributed by atoms with van der Waals surface area (Å²) in [7, 11) is -0.439. The standard InChI is InChI=1S/C34H28BNO2S/c1-33(2)34(3,4)38-35(37-33)27-20-26-24-19-18-21-12-8-9-15-23(21)30(24)36(22-13-6-5-7-14-22)31(26)29-25-16-10-11-17-28(25)39-32(27)29/h5-20H,1-4H3. The van der Waals surface area contributed by atoms with Gasteiger partial charge in [0.25, 0.3) is 0 Å². The van der Waals surface area contributed by atoms with E-state index in [9.17, 15) is 0 Å². The zero-order chi connectivity index (χ0) is 26.5. The third kappa shape index (κ3) is 3.18. The van der Waals surface area contributed by atoms with E-state index in [1.807, 2.05) is 11.3 Å². The van der Waals surface area contributed by atoms with E-state index in [0.717, 1.165) is 11.2 Å². The molecule has 5 aromatic carbocycles. The van der Waals surface area contributed by atoms with Crippen molar-refractivity contribution in [3.63, 3.8) is 0 Å². The lowest BCUT2D eigenvalue weighted by Gasteiger charge is -2.32. The molecular weight excluding hydrogens is 497 g/mol. The molecule has 39 heavy (non-hydrogen) atoms. The second kappa shape index (κ2) is 7.95. The largest absolute Gasteiger partial charge is 0.496 e. The summed E-state index contributed by atoms with van der Waals surface area (Å²) in [6.07, 6.45) is 0. The summed E-state index contributed by atoms with van der Waals surface area (Å²) >= 11 is 1.83. The van der Waals surface area contributed by atoms with E-state index in [1.54, 1.807) is 0 Å². The predicted molar refractivity (Wildman–Crippen MR) is 167 cm³/mol. The molecule has 3 heterocycles. The minimum atomic E-state index is -0.439. The number of aromatic nitrogens is 1. The Morgan fingerprint density at radius 1 is 0.641 bits per heavy atom. The predicted octanol–water partition coefficient (Wildman–Crippen LogP) is 8.60. The van der Waals surface area contributed by atoms with Crippen molar-refractivity contribution in [3.05, 3.63) is 97.1 Å². The number of rotatable bonds is 2. The van der Waals surface area contributed by atoms with E-state index in [0.29, 0.717) is 0 Å². The van der Waals surface area contributed by atoms with Crippen molar-refractivity contribution in [2.75, 3.05) is 0 Å². The number of para-hydroxylation sites is 1. The molecule has 190 valence electrons. The average molecular weight is 525 g/mol. The summed E-state index contributed by atoms with van der Waals surface area (Å²) in [6.45, 7) is 8.50. The van der Waals surface area contributed by atoms with Crippen LogP contribution in [0.2, 0.25) is 0 Å². The van der Waals surface area contributed by atoms with Crippen molar-refractivity contribution in [1.82, 2.24) is 4.57 Å². The van der Waals surface area contributed by atoms with Gasteiger partial charge in [0.1, 0.15) is 0 Å². The number of benzene rings is 5. The molecule has 0 spiro atoms. The Labute approximate surface area is 231 Å². The van der Waals surface area contributed by atoms with Crippen LogP contribution >= 0.6 is 11.3 Å². The van der Waals surface area contributed by atoms with E-state index >= 15 is 0 Å². The molecule has 7 aromatic rings. The Balaban J connectivity index is 1.61. The normalized spacial score (nSPS) is 16.9. The van der Waals surface area contributed by atoms with Crippen LogP contribution in [0.4, 0.5) is 0 Å². The maximum absolute atomic E-state index is 6.65. The Hall–Kier alpha value is -3.64. The molecule has 0 saturated carbocycles. The first kappa shape index (κ1) is 23.3. The fraction of sp³-hybridized carbons (Fsp3) is 0.176. The number of thiophene rings is 1. The highest BCUT2D eigenvalue weighted by Crippen LogP contribution is 2.45. The monoisotopic (exact) mass is 525 g/mol. The highest BCUT2D eigenvalue weighted by molar-refractivity contribution is 7.27. The van der Waals surface area contributed by atoms with Crippen LogP contribution < -0.4 is 5.46 Å². The summed E-state index contributed by atoms with van der Waals surface area (Å²) in [6, 6.07) is 35.1. The van der Waals surface area contributed by atoms with Gasteiger partial charge in [-0.25, -0.2) is 0 Å². The molecule has 0 radical (unpaired) electrons. The smallest absolute Gasteiger partial charge is 0.399 e. The maximum Gasteiger partial charge on any atom is 0.496 e. The molecular formula is C34H28BNO2S. The van der Waals surface area contributed by atoms with E-state index < -0.39 is 18.3 Å². The average Bonchev–Trinajstić information content (AvgIpc) is 3.55.